The molecule has 0 spiro atoms. The fraction of sp³-hybridized carbons (Fsp3) is 0.385. The Bertz CT molecular complexity index is 395. The first-order valence-corrected chi connectivity index (χ1v) is 6.27. The minimum absolute atomic E-state index is 0.359. The van der Waals surface area contributed by atoms with Crippen LogP contribution in [-0.4, -0.2) is 24.7 Å². The van der Waals surface area contributed by atoms with Crippen molar-refractivity contribution in [3.8, 4) is 0 Å². The number of rotatable bonds is 5. The minimum Gasteiger partial charge on any atom is -0.467 e. The van der Waals surface area contributed by atoms with Crippen molar-refractivity contribution in [3.05, 3.63) is 35.9 Å². The van der Waals surface area contributed by atoms with Crippen molar-refractivity contribution in [2.24, 2.45) is 0 Å². The summed E-state index contributed by atoms with van der Waals surface area (Å²) < 4.78 is 4.78. The van der Waals surface area contributed by atoms with Gasteiger partial charge in [0.05, 0.1) is 7.11 Å². The summed E-state index contributed by atoms with van der Waals surface area (Å²) in [4.78, 5) is 11.7. The molecule has 0 heterocycles. The quantitative estimate of drug-likeness (QED) is 0.628. The second kappa shape index (κ2) is 7.66. The number of carbonyl (C=O) groups is 1. The molecule has 0 bridgehead atoms. The van der Waals surface area contributed by atoms with E-state index >= 15 is 0 Å². The molecule has 2 N–H and O–H groups in total. The summed E-state index contributed by atoms with van der Waals surface area (Å²) in [5.41, 5.74) is 0.824. The van der Waals surface area contributed by atoms with Crippen LogP contribution in [0.25, 0.3) is 0 Å². The first-order chi connectivity index (χ1) is 8.69. The van der Waals surface area contributed by atoms with Crippen LogP contribution in [0.1, 0.15) is 24.9 Å². The van der Waals surface area contributed by atoms with E-state index in [1.54, 1.807) is 0 Å². The van der Waals surface area contributed by atoms with Crippen molar-refractivity contribution >= 4 is 23.3 Å². The van der Waals surface area contributed by atoms with E-state index in [1.165, 1.54) is 7.11 Å². The van der Waals surface area contributed by atoms with Gasteiger partial charge in [0.2, 0.25) is 0 Å². The molecule has 0 aromatic heterocycles. The molecule has 1 rings (SSSR count). The summed E-state index contributed by atoms with van der Waals surface area (Å²) >= 11 is 5.13. The molecule has 1 unspecified atom stereocenters. The number of nitrogens with one attached hydrogen (secondary N) is 2. The minimum atomic E-state index is -0.576. The lowest BCUT2D eigenvalue weighted by Crippen LogP contribution is -2.41. The largest absolute Gasteiger partial charge is 0.467 e. The van der Waals surface area contributed by atoms with E-state index < -0.39 is 6.04 Å². The summed E-state index contributed by atoms with van der Waals surface area (Å²) in [7, 11) is 1.36. The zero-order chi connectivity index (χ0) is 13.4. The average molecular weight is 266 g/mol. The van der Waals surface area contributed by atoms with E-state index in [-0.39, 0.29) is 5.97 Å². The number of ether oxygens (including phenoxy) is 1. The van der Waals surface area contributed by atoms with Gasteiger partial charge in [0.1, 0.15) is 0 Å². The van der Waals surface area contributed by atoms with Gasteiger partial charge in [0, 0.05) is 6.54 Å². The van der Waals surface area contributed by atoms with E-state index in [4.69, 9.17) is 17.0 Å². The van der Waals surface area contributed by atoms with Crippen molar-refractivity contribution in [1.82, 2.24) is 10.6 Å². The van der Waals surface area contributed by atoms with Crippen LogP contribution in [0.2, 0.25) is 0 Å². The molecule has 98 valence electrons. The smallest absolute Gasteiger partial charge is 0.333 e. The lowest BCUT2D eigenvalue weighted by Gasteiger charge is -2.19. The van der Waals surface area contributed by atoms with E-state index in [0.717, 1.165) is 18.5 Å². The van der Waals surface area contributed by atoms with Crippen molar-refractivity contribution in [3.63, 3.8) is 0 Å². The maximum atomic E-state index is 11.7. The third kappa shape index (κ3) is 4.33. The highest BCUT2D eigenvalue weighted by atomic mass is 32.1. The Morgan fingerprint density at radius 2 is 2.06 bits per heavy atom. The third-order valence-corrected chi connectivity index (χ3v) is 2.64. The number of esters is 1. The molecule has 0 amide bonds. The van der Waals surface area contributed by atoms with Crippen LogP contribution in [0.4, 0.5) is 0 Å². The van der Waals surface area contributed by atoms with Crippen LogP contribution in [0.3, 0.4) is 0 Å². The second-order valence-electron chi connectivity index (χ2n) is 3.77. The molecule has 4 nitrogen and oxygen atoms in total. The van der Waals surface area contributed by atoms with Crippen LogP contribution < -0.4 is 10.6 Å². The standard InChI is InChI=1S/C13H18N2O2S/c1-3-9-14-13(18)15-11(12(16)17-2)10-7-5-4-6-8-10/h4-8,11H,3,9H2,1-2H3,(H2,14,15,18). The second-order valence-corrected chi connectivity index (χ2v) is 4.18. The van der Waals surface area contributed by atoms with Crippen molar-refractivity contribution in [2.75, 3.05) is 13.7 Å². The maximum Gasteiger partial charge on any atom is 0.333 e. The van der Waals surface area contributed by atoms with Gasteiger partial charge in [-0.15, -0.1) is 0 Å². The molecule has 5 heteroatoms. The summed E-state index contributed by atoms with van der Waals surface area (Å²) in [6.07, 6.45) is 0.968. The third-order valence-electron chi connectivity index (χ3n) is 2.38. The van der Waals surface area contributed by atoms with Gasteiger partial charge in [-0.25, -0.2) is 4.79 Å². The van der Waals surface area contributed by atoms with Crippen molar-refractivity contribution in [1.29, 1.82) is 0 Å². The maximum absolute atomic E-state index is 11.7. The Morgan fingerprint density at radius 3 is 2.61 bits per heavy atom. The molecule has 0 aliphatic heterocycles. The monoisotopic (exact) mass is 266 g/mol. The first kappa shape index (κ1) is 14.4. The molecule has 1 aromatic rings. The predicted octanol–water partition coefficient (Wildman–Crippen LogP) is 1.77. The highest BCUT2D eigenvalue weighted by molar-refractivity contribution is 7.80. The number of carbonyl (C=O) groups excluding carboxylic acids is 1. The van der Waals surface area contributed by atoms with Gasteiger partial charge in [-0.1, -0.05) is 37.3 Å². The van der Waals surface area contributed by atoms with Gasteiger partial charge in [0.15, 0.2) is 11.2 Å². The molecule has 0 fully saturated rings. The van der Waals surface area contributed by atoms with Gasteiger partial charge in [-0.3, -0.25) is 0 Å². The van der Waals surface area contributed by atoms with Crippen LogP contribution in [0.5, 0.6) is 0 Å². The number of benzene rings is 1. The predicted molar refractivity (Wildman–Crippen MR) is 75.2 cm³/mol. The van der Waals surface area contributed by atoms with Crippen molar-refractivity contribution < 1.29 is 9.53 Å². The molecule has 0 saturated carbocycles. The lowest BCUT2D eigenvalue weighted by atomic mass is 10.1. The van der Waals surface area contributed by atoms with Crippen LogP contribution in [-0.2, 0) is 9.53 Å². The van der Waals surface area contributed by atoms with Gasteiger partial charge in [-0.2, -0.15) is 0 Å². The molecular weight excluding hydrogens is 248 g/mol. The first-order valence-electron chi connectivity index (χ1n) is 5.86. The highest BCUT2D eigenvalue weighted by Crippen LogP contribution is 2.13. The Balaban J connectivity index is 2.74. The van der Waals surface area contributed by atoms with Crippen molar-refractivity contribution in [2.45, 2.75) is 19.4 Å². The molecule has 0 saturated heterocycles. The molecule has 0 aliphatic rings. The Labute approximate surface area is 113 Å². The van der Waals surface area contributed by atoms with E-state index in [9.17, 15) is 4.79 Å². The van der Waals surface area contributed by atoms with Crippen LogP contribution >= 0.6 is 12.2 Å². The van der Waals surface area contributed by atoms with Gasteiger partial charge in [0.25, 0.3) is 0 Å². The van der Waals surface area contributed by atoms with E-state index in [0.29, 0.717) is 5.11 Å². The lowest BCUT2D eigenvalue weighted by molar-refractivity contribution is -0.142. The van der Waals surface area contributed by atoms with Gasteiger partial charge >= 0.3 is 5.97 Å². The normalized spacial score (nSPS) is 11.4. The summed E-state index contributed by atoms with van der Waals surface area (Å²) in [6, 6.07) is 8.78. The fourth-order valence-electron chi connectivity index (χ4n) is 1.46. The van der Waals surface area contributed by atoms with Gasteiger partial charge < -0.3 is 15.4 Å². The number of thiocarbonyl (C=S) groups is 1. The number of hydrogen-bond donors (Lipinski definition) is 2. The summed E-state index contributed by atoms with van der Waals surface area (Å²) in [6.45, 7) is 2.82. The zero-order valence-corrected chi connectivity index (χ0v) is 11.4. The number of methoxy groups -OCH3 is 1. The fourth-order valence-corrected chi connectivity index (χ4v) is 1.68. The Kier molecular flexibility index (Phi) is 6.14. The number of hydrogen-bond acceptors (Lipinski definition) is 3. The molecular formula is C13H18N2O2S. The van der Waals surface area contributed by atoms with E-state index in [1.807, 2.05) is 37.3 Å². The Morgan fingerprint density at radius 1 is 1.39 bits per heavy atom. The van der Waals surface area contributed by atoms with Gasteiger partial charge in [-0.05, 0) is 24.2 Å². The topological polar surface area (TPSA) is 50.4 Å². The average Bonchev–Trinajstić information content (AvgIpc) is 2.42. The highest BCUT2D eigenvalue weighted by Gasteiger charge is 2.21. The molecule has 0 radical (unpaired) electrons. The summed E-state index contributed by atoms with van der Waals surface area (Å²) in [5.74, 6) is -0.359. The summed E-state index contributed by atoms with van der Waals surface area (Å²) in [5, 5.41) is 6.44. The van der Waals surface area contributed by atoms with Crippen LogP contribution in [0, 0.1) is 0 Å². The Hall–Kier alpha value is -1.62. The van der Waals surface area contributed by atoms with Crippen LogP contribution in [0.15, 0.2) is 30.3 Å². The molecule has 18 heavy (non-hydrogen) atoms. The molecule has 1 aromatic carbocycles. The SMILES string of the molecule is CCCNC(=S)NC(C(=O)OC)c1ccccc1. The van der Waals surface area contributed by atoms with E-state index in [2.05, 4.69) is 10.6 Å². The zero-order valence-electron chi connectivity index (χ0n) is 10.6. The molecule has 0 aliphatic carbocycles. The molecule has 1 atom stereocenters.